The van der Waals surface area contributed by atoms with Gasteiger partial charge in [-0.1, -0.05) is 5.16 Å². The van der Waals surface area contributed by atoms with Gasteiger partial charge >= 0.3 is 0 Å². The van der Waals surface area contributed by atoms with Crippen LogP contribution in [0.4, 0.5) is 4.39 Å². The zero-order valence-electron chi connectivity index (χ0n) is 7.41. The standard InChI is InChI=1S/C9H10FNO2/c1-6(11-12)7-3-4-8(10)9(5-7)13-2/h3-5,12H,1-2H3/b11-6-. The molecule has 4 heteroatoms. The molecule has 0 heterocycles. The first kappa shape index (κ1) is 9.51. The van der Waals surface area contributed by atoms with Crippen molar-refractivity contribution in [3.63, 3.8) is 0 Å². The molecule has 1 aromatic rings. The van der Waals surface area contributed by atoms with E-state index in [-0.39, 0.29) is 5.75 Å². The third-order valence-electron chi connectivity index (χ3n) is 1.72. The van der Waals surface area contributed by atoms with E-state index in [4.69, 9.17) is 9.94 Å². The Kier molecular flexibility index (Phi) is 2.84. The molecular weight excluding hydrogens is 173 g/mol. The van der Waals surface area contributed by atoms with Crippen molar-refractivity contribution in [3.8, 4) is 5.75 Å². The van der Waals surface area contributed by atoms with Gasteiger partial charge in [0.05, 0.1) is 12.8 Å². The molecule has 0 aromatic heterocycles. The van der Waals surface area contributed by atoms with Crippen molar-refractivity contribution < 1.29 is 14.3 Å². The predicted molar refractivity (Wildman–Crippen MR) is 46.9 cm³/mol. The second-order valence-electron chi connectivity index (χ2n) is 2.53. The first-order valence-corrected chi connectivity index (χ1v) is 3.71. The van der Waals surface area contributed by atoms with Crippen molar-refractivity contribution in [2.45, 2.75) is 6.92 Å². The molecule has 1 rings (SSSR count). The van der Waals surface area contributed by atoms with Crippen LogP contribution in [0.25, 0.3) is 0 Å². The highest BCUT2D eigenvalue weighted by molar-refractivity contribution is 5.98. The number of methoxy groups -OCH3 is 1. The van der Waals surface area contributed by atoms with E-state index in [1.54, 1.807) is 6.92 Å². The molecule has 0 aliphatic carbocycles. The van der Waals surface area contributed by atoms with E-state index in [2.05, 4.69) is 5.16 Å². The number of halogens is 1. The first-order valence-electron chi connectivity index (χ1n) is 3.71. The van der Waals surface area contributed by atoms with Crippen LogP contribution in [0.1, 0.15) is 12.5 Å². The van der Waals surface area contributed by atoms with Crippen LogP contribution in [0.15, 0.2) is 23.4 Å². The number of nitrogens with zero attached hydrogens (tertiary/aromatic N) is 1. The van der Waals surface area contributed by atoms with Gasteiger partial charge in [-0.25, -0.2) is 4.39 Å². The second-order valence-corrected chi connectivity index (χ2v) is 2.53. The average Bonchev–Trinajstić information content (AvgIpc) is 2.17. The van der Waals surface area contributed by atoms with Gasteiger partial charge in [-0.15, -0.1) is 0 Å². The van der Waals surface area contributed by atoms with E-state index in [0.29, 0.717) is 11.3 Å². The van der Waals surface area contributed by atoms with E-state index in [1.165, 1.54) is 25.3 Å². The Labute approximate surface area is 75.4 Å². The maximum absolute atomic E-state index is 12.9. The third-order valence-corrected chi connectivity index (χ3v) is 1.72. The van der Waals surface area contributed by atoms with Crippen molar-refractivity contribution in [2.75, 3.05) is 7.11 Å². The van der Waals surface area contributed by atoms with Gasteiger partial charge in [0.1, 0.15) is 0 Å². The van der Waals surface area contributed by atoms with Crippen molar-refractivity contribution >= 4 is 5.71 Å². The van der Waals surface area contributed by atoms with Gasteiger partial charge in [-0.3, -0.25) is 0 Å². The summed E-state index contributed by atoms with van der Waals surface area (Å²) in [4.78, 5) is 0. The van der Waals surface area contributed by atoms with Crippen LogP contribution in [0.3, 0.4) is 0 Å². The Bertz CT molecular complexity index is 336. The molecule has 0 aliphatic heterocycles. The lowest BCUT2D eigenvalue weighted by Gasteiger charge is -2.03. The van der Waals surface area contributed by atoms with Crippen LogP contribution in [-0.2, 0) is 0 Å². The van der Waals surface area contributed by atoms with Crippen LogP contribution in [0, 0.1) is 5.82 Å². The van der Waals surface area contributed by atoms with Gasteiger partial charge < -0.3 is 9.94 Å². The lowest BCUT2D eigenvalue weighted by Crippen LogP contribution is -1.96. The summed E-state index contributed by atoms with van der Waals surface area (Å²) in [6.45, 7) is 1.62. The fraction of sp³-hybridized carbons (Fsp3) is 0.222. The molecule has 1 N–H and O–H groups in total. The van der Waals surface area contributed by atoms with Crippen LogP contribution < -0.4 is 4.74 Å². The van der Waals surface area contributed by atoms with Crippen molar-refractivity contribution in [2.24, 2.45) is 5.16 Å². The molecule has 0 saturated heterocycles. The molecule has 0 amide bonds. The van der Waals surface area contributed by atoms with Crippen LogP contribution >= 0.6 is 0 Å². The second kappa shape index (κ2) is 3.89. The Morgan fingerprint density at radius 2 is 2.23 bits per heavy atom. The highest BCUT2D eigenvalue weighted by Gasteiger charge is 2.05. The highest BCUT2D eigenvalue weighted by atomic mass is 19.1. The summed E-state index contributed by atoms with van der Waals surface area (Å²) in [5.41, 5.74) is 1.04. The Balaban J connectivity index is 3.13. The number of hydrogen-bond donors (Lipinski definition) is 1. The molecule has 0 bridgehead atoms. The third kappa shape index (κ3) is 1.96. The lowest BCUT2D eigenvalue weighted by molar-refractivity contribution is 0.319. The molecule has 0 atom stereocenters. The zero-order chi connectivity index (χ0) is 9.84. The van der Waals surface area contributed by atoms with Crippen LogP contribution in [-0.4, -0.2) is 18.0 Å². The molecule has 3 nitrogen and oxygen atoms in total. The number of oxime groups is 1. The van der Waals surface area contributed by atoms with Crippen molar-refractivity contribution in [1.29, 1.82) is 0 Å². The summed E-state index contributed by atoms with van der Waals surface area (Å²) in [5, 5.41) is 11.5. The molecule has 1 aromatic carbocycles. The quantitative estimate of drug-likeness (QED) is 0.433. The molecule has 0 radical (unpaired) electrons. The van der Waals surface area contributed by atoms with Crippen molar-refractivity contribution in [1.82, 2.24) is 0 Å². The number of ether oxygens (including phenoxy) is 1. The Morgan fingerprint density at radius 3 is 2.77 bits per heavy atom. The van der Waals surface area contributed by atoms with Gasteiger partial charge in [0.25, 0.3) is 0 Å². The normalized spacial score (nSPS) is 11.5. The summed E-state index contributed by atoms with van der Waals surface area (Å²) in [5.74, 6) is -0.294. The predicted octanol–water partition coefficient (Wildman–Crippen LogP) is 2.03. The Hall–Kier alpha value is -1.58. The minimum atomic E-state index is -0.433. The fourth-order valence-corrected chi connectivity index (χ4v) is 0.943. The van der Waals surface area contributed by atoms with E-state index in [1.807, 2.05) is 0 Å². The summed E-state index contributed by atoms with van der Waals surface area (Å²) >= 11 is 0. The minimum Gasteiger partial charge on any atom is -0.494 e. The van der Waals surface area contributed by atoms with Gasteiger partial charge in [-0.2, -0.15) is 0 Å². The number of rotatable bonds is 2. The largest absolute Gasteiger partial charge is 0.494 e. The van der Waals surface area contributed by atoms with Crippen LogP contribution in [0.2, 0.25) is 0 Å². The Morgan fingerprint density at radius 1 is 1.54 bits per heavy atom. The van der Waals surface area contributed by atoms with E-state index < -0.39 is 5.82 Å². The topological polar surface area (TPSA) is 41.8 Å². The smallest absolute Gasteiger partial charge is 0.165 e. The van der Waals surface area contributed by atoms with Crippen molar-refractivity contribution in [3.05, 3.63) is 29.6 Å². The molecule has 0 saturated carbocycles. The maximum atomic E-state index is 12.9. The SMILES string of the molecule is COc1cc(/C(C)=N\O)ccc1F. The molecule has 70 valence electrons. The number of benzene rings is 1. The lowest BCUT2D eigenvalue weighted by atomic mass is 10.1. The summed E-state index contributed by atoms with van der Waals surface area (Å²) in [6, 6.07) is 4.26. The monoisotopic (exact) mass is 183 g/mol. The molecule has 13 heavy (non-hydrogen) atoms. The average molecular weight is 183 g/mol. The molecule has 0 spiro atoms. The van der Waals surface area contributed by atoms with Gasteiger partial charge in [0.2, 0.25) is 0 Å². The molecule has 0 fully saturated rings. The van der Waals surface area contributed by atoms with Crippen LogP contribution in [0.5, 0.6) is 5.75 Å². The minimum absolute atomic E-state index is 0.139. The molecule has 0 aliphatic rings. The number of hydrogen-bond acceptors (Lipinski definition) is 3. The van der Waals surface area contributed by atoms with Gasteiger partial charge in [0, 0.05) is 5.56 Å². The summed E-state index contributed by atoms with van der Waals surface area (Å²) < 4.78 is 17.7. The molecular formula is C9H10FNO2. The van der Waals surface area contributed by atoms with Gasteiger partial charge in [0.15, 0.2) is 11.6 Å². The fourth-order valence-electron chi connectivity index (χ4n) is 0.943. The zero-order valence-corrected chi connectivity index (χ0v) is 7.41. The highest BCUT2D eigenvalue weighted by Crippen LogP contribution is 2.18. The van der Waals surface area contributed by atoms with E-state index >= 15 is 0 Å². The van der Waals surface area contributed by atoms with E-state index in [0.717, 1.165) is 0 Å². The maximum Gasteiger partial charge on any atom is 0.165 e. The molecule has 0 unspecified atom stereocenters. The van der Waals surface area contributed by atoms with E-state index in [9.17, 15) is 4.39 Å². The first-order chi connectivity index (χ1) is 6.19. The van der Waals surface area contributed by atoms with Gasteiger partial charge in [-0.05, 0) is 25.1 Å². The summed E-state index contributed by atoms with van der Waals surface area (Å²) in [6.07, 6.45) is 0. The summed E-state index contributed by atoms with van der Waals surface area (Å²) in [7, 11) is 1.38.